The molecule has 0 atom stereocenters. The summed E-state index contributed by atoms with van der Waals surface area (Å²) < 4.78 is 23.6. The summed E-state index contributed by atoms with van der Waals surface area (Å²) in [6.45, 7) is 1.80. The van der Waals surface area contributed by atoms with Crippen molar-refractivity contribution in [3.63, 3.8) is 0 Å². The van der Waals surface area contributed by atoms with Crippen LogP contribution >= 0.6 is 0 Å². The number of hydrogen-bond acceptors (Lipinski definition) is 3. The van der Waals surface area contributed by atoms with Crippen molar-refractivity contribution in [3.8, 4) is 11.5 Å². The third-order valence-corrected chi connectivity index (χ3v) is 2.83. The van der Waals surface area contributed by atoms with Gasteiger partial charge in [0.2, 0.25) is 0 Å². The van der Waals surface area contributed by atoms with Crippen LogP contribution in [0.2, 0.25) is 0 Å². The second-order valence-corrected chi connectivity index (χ2v) is 4.49. The number of rotatable bonds is 5. The fraction of sp³-hybridized carbons (Fsp3) is 0.188. The second kappa shape index (κ2) is 6.74. The molecule has 2 rings (SSSR count). The van der Waals surface area contributed by atoms with E-state index in [1.807, 2.05) is 19.1 Å². The van der Waals surface area contributed by atoms with Crippen LogP contribution in [-0.2, 0) is 4.79 Å². The quantitative estimate of drug-likeness (QED) is 0.919. The Labute approximate surface area is 122 Å². The number of halogens is 1. The predicted molar refractivity (Wildman–Crippen MR) is 78.3 cm³/mol. The van der Waals surface area contributed by atoms with Gasteiger partial charge in [0, 0.05) is 6.07 Å². The topological polar surface area (TPSA) is 47.6 Å². The van der Waals surface area contributed by atoms with Gasteiger partial charge < -0.3 is 14.8 Å². The minimum absolute atomic E-state index is 0.164. The van der Waals surface area contributed by atoms with Crippen LogP contribution in [0.3, 0.4) is 0 Å². The third kappa shape index (κ3) is 4.21. The molecule has 0 heterocycles. The number of carbonyl (C=O) groups is 1. The van der Waals surface area contributed by atoms with E-state index in [1.165, 1.54) is 25.3 Å². The maximum atomic E-state index is 13.2. The van der Waals surface area contributed by atoms with Gasteiger partial charge in [-0.25, -0.2) is 4.39 Å². The zero-order chi connectivity index (χ0) is 15.2. The summed E-state index contributed by atoms with van der Waals surface area (Å²) >= 11 is 0. The molecule has 21 heavy (non-hydrogen) atoms. The first kappa shape index (κ1) is 14.8. The van der Waals surface area contributed by atoms with E-state index in [9.17, 15) is 9.18 Å². The van der Waals surface area contributed by atoms with E-state index in [2.05, 4.69) is 5.32 Å². The molecular weight excluding hydrogens is 273 g/mol. The highest BCUT2D eigenvalue weighted by molar-refractivity contribution is 5.93. The van der Waals surface area contributed by atoms with E-state index >= 15 is 0 Å². The van der Waals surface area contributed by atoms with E-state index in [1.54, 1.807) is 12.1 Å². The molecule has 0 spiro atoms. The number of aryl methyl sites for hydroxylation is 1. The van der Waals surface area contributed by atoms with Gasteiger partial charge in [0.25, 0.3) is 5.91 Å². The van der Waals surface area contributed by atoms with Gasteiger partial charge >= 0.3 is 0 Å². The van der Waals surface area contributed by atoms with Gasteiger partial charge in [-0.1, -0.05) is 17.7 Å². The summed E-state index contributed by atoms with van der Waals surface area (Å²) in [4.78, 5) is 11.8. The van der Waals surface area contributed by atoms with Gasteiger partial charge in [-0.15, -0.1) is 0 Å². The number of carbonyl (C=O) groups excluding carboxylic acids is 1. The molecule has 0 saturated heterocycles. The van der Waals surface area contributed by atoms with Crippen molar-refractivity contribution in [3.05, 3.63) is 53.8 Å². The Morgan fingerprint density at radius 3 is 2.57 bits per heavy atom. The molecule has 5 heteroatoms. The maximum Gasteiger partial charge on any atom is 0.262 e. The molecule has 2 aromatic rings. The van der Waals surface area contributed by atoms with E-state index in [-0.39, 0.29) is 18.2 Å². The Kier molecular flexibility index (Phi) is 4.77. The van der Waals surface area contributed by atoms with Gasteiger partial charge in [0.15, 0.2) is 6.61 Å². The third-order valence-electron chi connectivity index (χ3n) is 2.83. The van der Waals surface area contributed by atoms with E-state index in [0.29, 0.717) is 11.5 Å². The summed E-state index contributed by atoms with van der Waals surface area (Å²) in [6, 6.07) is 11.3. The van der Waals surface area contributed by atoms with Gasteiger partial charge in [-0.2, -0.15) is 0 Å². The fourth-order valence-electron chi connectivity index (χ4n) is 1.75. The van der Waals surface area contributed by atoms with Crippen LogP contribution in [0, 0.1) is 12.7 Å². The monoisotopic (exact) mass is 289 g/mol. The highest BCUT2D eigenvalue weighted by Crippen LogP contribution is 2.24. The lowest BCUT2D eigenvalue weighted by molar-refractivity contribution is -0.118. The zero-order valence-electron chi connectivity index (χ0n) is 11.9. The molecular formula is C16H16FNO3. The van der Waals surface area contributed by atoms with E-state index in [0.717, 1.165) is 5.56 Å². The van der Waals surface area contributed by atoms with Crippen molar-refractivity contribution < 1.29 is 18.7 Å². The number of nitrogens with one attached hydrogen (secondary N) is 1. The number of methoxy groups -OCH3 is 1. The Balaban J connectivity index is 1.95. The van der Waals surface area contributed by atoms with Crippen LogP contribution in [0.25, 0.3) is 0 Å². The van der Waals surface area contributed by atoms with Crippen molar-refractivity contribution >= 4 is 11.6 Å². The van der Waals surface area contributed by atoms with Crippen LogP contribution in [0.1, 0.15) is 5.56 Å². The second-order valence-electron chi connectivity index (χ2n) is 4.49. The Morgan fingerprint density at radius 1 is 1.19 bits per heavy atom. The highest BCUT2D eigenvalue weighted by atomic mass is 19.1. The van der Waals surface area contributed by atoms with Gasteiger partial charge in [0.1, 0.15) is 17.3 Å². The lowest BCUT2D eigenvalue weighted by atomic mass is 10.2. The Hall–Kier alpha value is -2.56. The van der Waals surface area contributed by atoms with Crippen molar-refractivity contribution in [2.75, 3.05) is 19.0 Å². The van der Waals surface area contributed by atoms with Gasteiger partial charge in [0.05, 0.1) is 12.8 Å². The van der Waals surface area contributed by atoms with Crippen LogP contribution < -0.4 is 14.8 Å². The highest BCUT2D eigenvalue weighted by Gasteiger charge is 2.09. The molecule has 0 saturated carbocycles. The molecule has 0 aromatic heterocycles. The summed E-state index contributed by atoms with van der Waals surface area (Å²) in [6.07, 6.45) is 0. The van der Waals surface area contributed by atoms with E-state index < -0.39 is 5.82 Å². The van der Waals surface area contributed by atoms with Gasteiger partial charge in [-0.05, 0) is 31.2 Å². The van der Waals surface area contributed by atoms with Crippen molar-refractivity contribution in [2.24, 2.45) is 0 Å². The largest absolute Gasteiger partial charge is 0.495 e. The first-order valence-corrected chi connectivity index (χ1v) is 6.41. The van der Waals surface area contributed by atoms with Crippen LogP contribution in [0.15, 0.2) is 42.5 Å². The average Bonchev–Trinajstić information content (AvgIpc) is 2.47. The standard InChI is InChI=1S/C16H16FNO3/c1-11-3-6-13(7-4-11)21-10-16(19)18-14-9-12(17)5-8-15(14)20-2/h3-9H,10H2,1-2H3,(H,18,19). The van der Waals surface area contributed by atoms with Crippen molar-refractivity contribution in [2.45, 2.75) is 6.92 Å². The molecule has 0 bridgehead atoms. The van der Waals surface area contributed by atoms with Crippen LogP contribution in [0.4, 0.5) is 10.1 Å². The molecule has 1 amide bonds. The number of benzene rings is 2. The first-order valence-electron chi connectivity index (χ1n) is 6.41. The normalized spacial score (nSPS) is 10.0. The minimum Gasteiger partial charge on any atom is -0.495 e. The lowest BCUT2D eigenvalue weighted by Gasteiger charge is -2.11. The minimum atomic E-state index is -0.453. The molecule has 0 fully saturated rings. The predicted octanol–water partition coefficient (Wildman–Crippen LogP) is 3.16. The summed E-state index contributed by atoms with van der Waals surface area (Å²) in [5, 5.41) is 2.55. The molecule has 1 N–H and O–H groups in total. The number of anilines is 1. The number of ether oxygens (including phenoxy) is 2. The van der Waals surface area contributed by atoms with E-state index in [4.69, 9.17) is 9.47 Å². The maximum absolute atomic E-state index is 13.2. The molecule has 110 valence electrons. The number of amides is 1. The molecule has 0 radical (unpaired) electrons. The molecule has 0 aliphatic carbocycles. The molecule has 0 aliphatic heterocycles. The van der Waals surface area contributed by atoms with Crippen molar-refractivity contribution in [1.82, 2.24) is 0 Å². The first-order chi connectivity index (χ1) is 10.1. The fourth-order valence-corrected chi connectivity index (χ4v) is 1.75. The summed E-state index contributed by atoms with van der Waals surface area (Å²) in [5.41, 5.74) is 1.38. The van der Waals surface area contributed by atoms with Crippen LogP contribution in [-0.4, -0.2) is 19.6 Å². The molecule has 4 nitrogen and oxygen atoms in total. The smallest absolute Gasteiger partial charge is 0.262 e. The number of hydrogen-bond donors (Lipinski definition) is 1. The summed E-state index contributed by atoms with van der Waals surface area (Å²) in [5.74, 6) is 0.145. The Bertz CT molecular complexity index is 626. The van der Waals surface area contributed by atoms with Crippen molar-refractivity contribution in [1.29, 1.82) is 0 Å². The van der Waals surface area contributed by atoms with Gasteiger partial charge in [-0.3, -0.25) is 4.79 Å². The molecule has 2 aromatic carbocycles. The Morgan fingerprint density at radius 2 is 1.90 bits per heavy atom. The SMILES string of the molecule is COc1ccc(F)cc1NC(=O)COc1ccc(C)cc1. The molecule has 0 unspecified atom stereocenters. The zero-order valence-corrected chi connectivity index (χ0v) is 11.9. The lowest BCUT2D eigenvalue weighted by Crippen LogP contribution is -2.20. The molecule has 0 aliphatic rings. The summed E-state index contributed by atoms with van der Waals surface area (Å²) in [7, 11) is 1.45. The average molecular weight is 289 g/mol. The van der Waals surface area contributed by atoms with Crippen LogP contribution in [0.5, 0.6) is 11.5 Å².